The van der Waals surface area contributed by atoms with Gasteiger partial charge in [-0.05, 0) is 59.7 Å². The minimum atomic E-state index is 0.838. The molecule has 4 rings (SSSR count). The van der Waals surface area contributed by atoms with Crippen LogP contribution in [0.1, 0.15) is 11.1 Å². The van der Waals surface area contributed by atoms with Crippen molar-refractivity contribution in [3.05, 3.63) is 108 Å². The number of nitrogens with one attached hydrogen (secondary N) is 2. The Labute approximate surface area is 164 Å². The van der Waals surface area contributed by atoms with Crippen LogP contribution in [0.2, 0.25) is 0 Å². The van der Waals surface area contributed by atoms with Gasteiger partial charge < -0.3 is 10.6 Å². The van der Waals surface area contributed by atoms with Crippen molar-refractivity contribution in [2.75, 3.05) is 10.6 Å². The molecule has 0 atom stereocenters. The smallest absolute Gasteiger partial charge is 0.130 e. The summed E-state index contributed by atoms with van der Waals surface area (Å²) in [7, 11) is 0. The average molecular weight is 364 g/mol. The molecule has 0 aliphatic rings. The molecule has 0 saturated carbocycles. The van der Waals surface area contributed by atoms with Crippen molar-refractivity contribution in [2.24, 2.45) is 0 Å². The Balaban J connectivity index is 1.37. The van der Waals surface area contributed by atoms with Gasteiger partial charge in [0.1, 0.15) is 11.6 Å². The Morgan fingerprint density at radius 1 is 0.500 bits per heavy atom. The van der Waals surface area contributed by atoms with E-state index in [-0.39, 0.29) is 0 Å². The molecule has 28 heavy (non-hydrogen) atoms. The van der Waals surface area contributed by atoms with Crippen molar-refractivity contribution in [3.8, 4) is 0 Å². The molecule has 2 aromatic heterocycles. The van der Waals surface area contributed by atoms with Crippen molar-refractivity contribution in [1.82, 2.24) is 9.97 Å². The number of anilines is 4. The number of rotatable bonds is 6. The first-order valence-electron chi connectivity index (χ1n) is 9.09. The van der Waals surface area contributed by atoms with Crippen molar-refractivity contribution in [3.63, 3.8) is 0 Å². The quantitative estimate of drug-likeness (QED) is 0.404. The summed E-state index contributed by atoms with van der Waals surface area (Å²) >= 11 is 0. The van der Waals surface area contributed by atoms with Crippen molar-refractivity contribution in [1.29, 1.82) is 0 Å². The molecule has 0 unspecified atom stereocenters. The number of hydrogen-bond acceptors (Lipinski definition) is 4. The van der Waals surface area contributed by atoms with Gasteiger partial charge in [-0.3, -0.25) is 0 Å². The minimum Gasteiger partial charge on any atom is -0.340 e. The van der Waals surface area contributed by atoms with Crippen LogP contribution in [-0.2, 0) is 0 Å². The van der Waals surface area contributed by atoms with Crippen LogP contribution in [0, 0.1) is 0 Å². The van der Waals surface area contributed by atoms with Crippen LogP contribution in [0.15, 0.2) is 97.3 Å². The second kappa shape index (κ2) is 8.64. The van der Waals surface area contributed by atoms with E-state index in [1.165, 1.54) is 0 Å². The van der Waals surface area contributed by atoms with E-state index in [0.717, 1.165) is 34.1 Å². The third kappa shape index (κ3) is 4.83. The van der Waals surface area contributed by atoms with Gasteiger partial charge in [-0.2, -0.15) is 0 Å². The lowest BCUT2D eigenvalue weighted by molar-refractivity contribution is 1.31. The number of hydrogen-bond donors (Lipinski definition) is 2. The normalized spacial score (nSPS) is 10.7. The molecule has 4 nitrogen and oxygen atoms in total. The summed E-state index contributed by atoms with van der Waals surface area (Å²) in [6.07, 6.45) is 7.75. The molecule has 0 bridgehead atoms. The van der Waals surface area contributed by atoms with Crippen LogP contribution >= 0.6 is 0 Å². The van der Waals surface area contributed by atoms with E-state index >= 15 is 0 Å². The van der Waals surface area contributed by atoms with Gasteiger partial charge in [0, 0.05) is 23.8 Å². The van der Waals surface area contributed by atoms with Crippen molar-refractivity contribution < 1.29 is 0 Å². The fourth-order valence-corrected chi connectivity index (χ4v) is 2.72. The zero-order valence-corrected chi connectivity index (χ0v) is 15.3. The summed E-state index contributed by atoms with van der Waals surface area (Å²) in [6, 6.07) is 28.1. The number of benzene rings is 2. The van der Waals surface area contributed by atoms with Gasteiger partial charge in [0.2, 0.25) is 0 Å². The van der Waals surface area contributed by atoms with Crippen LogP contribution in [0.4, 0.5) is 23.0 Å². The van der Waals surface area contributed by atoms with Crippen LogP contribution in [-0.4, -0.2) is 9.97 Å². The largest absolute Gasteiger partial charge is 0.340 e. The summed E-state index contributed by atoms with van der Waals surface area (Å²) in [5.41, 5.74) is 4.31. The standard InChI is InChI=1S/C24H20N4/c1-3-17-25-23(5-1)27-21-13-9-19(10-14-21)7-8-20-11-15-22(16-12-20)28-24-6-2-4-18-26-24/h1-18H,(H,25,27)(H,26,28)/b8-7+. The van der Waals surface area contributed by atoms with E-state index < -0.39 is 0 Å². The van der Waals surface area contributed by atoms with Crippen LogP contribution in [0.25, 0.3) is 12.2 Å². The molecule has 2 N–H and O–H groups in total. The molecule has 4 aromatic rings. The molecule has 0 fully saturated rings. The molecule has 0 aliphatic carbocycles. The highest BCUT2D eigenvalue weighted by atomic mass is 15.0. The Kier molecular flexibility index (Phi) is 5.40. The van der Waals surface area contributed by atoms with E-state index in [1.54, 1.807) is 12.4 Å². The maximum Gasteiger partial charge on any atom is 0.130 e. The molecular formula is C24H20N4. The lowest BCUT2D eigenvalue weighted by atomic mass is 10.1. The first-order chi connectivity index (χ1) is 13.8. The third-order valence-corrected chi connectivity index (χ3v) is 4.16. The molecular weight excluding hydrogens is 344 g/mol. The lowest BCUT2D eigenvalue weighted by Gasteiger charge is -2.06. The van der Waals surface area contributed by atoms with Crippen molar-refractivity contribution >= 4 is 35.2 Å². The first kappa shape index (κ1) is 17.5. The van der Waals surface area contributed by atoms with Crippen LogP contribution in [0.5, 0.6) is 0 Å². The third-order valence-electron chi connectivity index (χ3n) is 4.16. The summed E-state index contributed by atoms with van der Waals surface area (Å²) in [4.78, 5) is 8.54. The minimum absolute atomic E-state index is 0.838. The highest BCUT2D eigenvalue weighted by Crippen LogP contribution is 2.18. The molecule has 136 valence electrons. The fraction of sp³-hybridized carbons (Fsp3) is 0. The SMILES string of the molecule is C(=C\c1ccc(Nc2ccccn2)cc1)/c1ccc(Nc2ccccn2)cc1. The predicted molar refractivity (Wildman–Crippen MR) is 117 cm³/mol. The molecule has 0 spiro atoms. The van der Waals surface area contributed by atoms with E-state index in [0.29, 0.717) is 0 Å². The first-order valence-corrected chi connectivity index (χ1v) is 9.09. The lowest BCUT2D eigenvalue weighted by Crippen LogP contribution is -1.92. The Bertz CT molecular complexity index is 938. The Morgan fingerprint density at radius 2 is 0.929 bits per heavy atom. The molecule has 4 heteroatoms. The predicted octanol–water partition coefficient (Wildman–Crippen LogP) is 6.13. The summed E-state index contributed by atoms with van der Waals surface area (Å²) in [6.45, 7) is 0. The van der Waals surface area contributed by atoms with Crippen molar-refractivity contribution in [2.45, 2.75) is 0 Å². The number of nitrogens with zero attached hydrogens (tertiary/aromatic N) is 2. The molecule has 2 aromatic carbocycles. The molecule has 2 heterocycles. The fourth-order valence-electron chi connectivity index (χ4n) is 2.72. The van der Waals surface area contributed by atoms with Crippen LogP contribution < -0.4 is 10.6 Å². The van der Waals surface area contributed by atoms with Gasteiger partial charge in [0.25, 0.3) is 0 Å². The maximum absolute atomic E-state index is 4.27. The van der Waals surface area contributed by atoms with E-state index in [2.05, 4.69) is 57.0 Å². The zero-order chi connectivity index (χ0) is 19.0. The topological polar surface area (TPSA) is 49.8 Å². The Morgan fingerprint density at radius 3 is 1.29 bits per heavy atom. The van der Waals surface area contributed by atoms with Gasteiger partial charge in [0.05, 0.1) is 0 Å². The summed E-state index contributed by atoms with van der Waals surface area (Å²) < 4.78 is 0. The monoisotopic (exact) mass is 364 g/mol. The molecule has 0 aliphatic heterocycles. The van der Waals surface area contributed by atoms with Gasteiger partial charge >= 0.3 is 0 Å². The zero-order valence-electron chi connectivity index (χ0n) is 15.3. The second-order valence-electron chi connectivity index (χ2n) is 6.26. The highest BCUT2D eigenvalue weighted by Gasteiger charge is 1.96. The van der Waals surface area contributed by atoms with Gasteiger partial charge in [0.15, 0.2) is 0 Å². The molecule has 0 saturated heterocycles. The summed E-state index contributed by atoms with van der Waals surface area (Å²) in [5, 5.41) is 6.57. The van der Waals surface area contributed by atoms with Crippen LogP contribution in [0.3, 0.4) is 0 Å². The van der Waals surface area contributed by atoms with Gasteiger partial charge in [-0.1, -0.05) is 48.6 Å². The van der Waals surface area contributed by atoms with E-state index in [9.17, 15) is 0 Å². The highest BCUT2D eigenvalue weighted by molar-refractivity contribution is 5.72. The van der Waals surface area contributed by atoms with E-state index in [4.69, 9.17) is 0 Å². The molecule has 0 radical (unpaired) electrons. The van der Waals surface area contributed by atoms with Gasteiger partial charge in [-0.25, -0.2) is 9.97 Å². The second-order valence-corrected chi connectivity index (χ2v) is 6.26. The van der Waals surface area contributed by atoms with Gasteiger partial charge in [-0.15, -0.1) is 0 Å². The molecule has 0 amide bonds. The number of pyridine rings is 2. The number of aromatic nitrogens is 2. The van der Waals surface area contributed by atoms with E-state index in [1.807, 2.05) is 60.7 Å². The Hall–Kier alpha value is -3.92. The maximum atomic E-state index is 4.27. The average Bonchev–Trinajstić information content (AvgIpc) is 2.76. The summed E-state index contributed by atoms with van der Waals surface area (Å²) in [5.74, 6) is 1.68.